The lowest BCUT2D eigenvalue weighted by Crippen LogP contribution is -2.43. The molecule has 2 aromatic rings. The molecule has 2 aliphatic heterocycles. The van der Waals surface area contributed by atoms with E-state index in [1.807, 2.05) is 42.5 Å². The molecule has 0 spiro atoms. The number of carbonyl (C=O) groups excluding carboxylic acids is 2. The number of ketones is 1. The first kappa shape index (κ1) is 28.4. The molecule has 39 heavy (non-hydrogen) atoms. The zero-order chi connectivity index (χ0) is 27.6. The quantitative estimate of drug-likeness (QED) is 0.297. The van der Waals surface area contributed by atoms with Gasteiger partial charge in [0.15, 0.2) is 23.0 Å². The monoisotopic (exact) mass is 534 g/mol. The second kappa shape index (κ2) is 14.0. The maximum Gasteiger partial charge on any atom is 0.290 e. The molecule has 1 saturated heterocycles. The average Bonchev–Trinajstić information content (AvgIpc) is 3.23. The van der Waals surface area contributed by atoms with Gasteiger partial charge in [-0.05, 0) is 35.8 Å². The first-order chi connectivity index (χ1) is 19.0. The molecule has 208 valence electrons. The number of aliphatic hydroxyl groups excluding tert-OH is 1. The molecule has 1 atom stereocenters. The van der Waals surface area contributed by atoms with Gasteiger partial charge in [0.25, 0.3) is 5.91 Å². The fourth-order valence-electron chi connectivity index (χ4n) is 4.89. The zero-order valence-corrected chi connectivity index (χ0v) is 22.8. The van der Waals surface area contributed by atoms with Gasteiger partial charge in [-0.3, -0.25) is 14.5 Å². The van der Waals surface area contributed by atoms with Crippen LogP contribution in [0.4, 0.5) is 0 Å². The highest BCUT2D eigenvalue weighted by Gasteiger charge is 2.43. The number of hydrogen-bond donors (Lipinski definition) is 1. The largest absolute Gasteiger partial charge is 0.503 e. The summed E-state index contributed by atoms with van der Waals surface area (Å²) >= 11 is 0. The molecular weight excluding hydrogens is 496 g/mol. The first-order valence-corrected chi connectivity index (χ1v) is 13.7. The molecule has 1 N–H and O–H groups in total. The summed E-state index contributed by atoms with van der Waals surface area (Å²) in [4.78, 5) is 30.6. The van der Waals surface area contributed by atoms with E-state index in [9.17, 15) is 14.7 Å². The number of morpholine rings is 1. The highest BCUT2D eigenvalue weighted by atomic mass is 16.5. The highest BCUT2D eigenvalue weighted by molar-refractivity contribution is 6.14. The summed E-state index contributed by atoms with van der Waals surface area (Å²) in [6.45, 7) is 6.51. The minimum atomic E-state index is -0.755. The molecule has 0 bridgehead atoms. The number of carbonyl (C=O) groups is 2. The molecule has 1 fully saturated rings. The summed E-state index contributed by atoms with van der Waals surface area (Å²) in [6.07, 6.45) is 6.22. The Morgan fingerprint density at radius 3 is 2.56 bits per heavy atom. The van der Waals surface area contributed by atoms with Crippen LogP contribution in [0.2, 0.25) is 0 Å². The smallest absolute Gasteiger partial charge is 0.290 e. The maximum absolute atomic E-state index is 13.5. The number of methoxy groups -OCH3 is 1. The van der Waals surface area contributed by atoms with E-state index >= 15 is 0 Å². The predicted molar refractivity (Wildman–Crippen MR) is 150 cm³/mol. The molecule has 0 radical (unpaired) electrons. The number of benzene rings is 2. The van der Waals surface area contributed by atoms with Gasteiger partial charge < -0.3 is 24.2 Å². The molecule has 0 saturated carbocycles. The number of amides is 1. The predicted octanol–water partition coefficient (Wildman–Crippen LogP) is 4.57. The lowest BCUT2D eigenvalue weighted by Gasteiger charge is -2.31. The van der Waals surface area contributed by atoms with Crippen molar-refractivity contribution in [3.05, 3.63) is 77.1 Å². The number of ether oxygens (including phenoxy) is 3. The van der Waals surface area contributed by atoms with Gasteiger partial charge in [-0.15, -0.1) is 0 Å². The van der Waals surface area contributed by atoms with Crippen LogP contribution in [0, 0.1) is 0 Å². The number of nitrogens with zero attached hydrogens (tertiary/aromatic N) is 2. The van der Waals surface area contributed by atoms with E-state index in [1.54, 1.807) is 24.2 Å². The Hall–Kier alpha value is -3.62. The first-order valence-electron chi connectivity index (χ1n) is 13.7. The van der Waals surface area contributed by atoms with E-state index in [2.05, 4.69) is 11.8 Å². The lowest BCUT2D eigenvalue weighted by molar-refractivity contribution is -0.129. The van der Waals surface area contributed by atoms with Gasteiger partial charge in [0.1, 0.15) is 0 Å². The fraction of sp³-hybridized carbons (Fsp3) is 0.419. The number of rotatable bonds is 13. The summed E-state index contributed by atoms with van der Waals surface area (Å²) in [5, 5.41) is 11.0. The third-order valence-corrected chi connectivity index (χ3v) is 7.07. The molecule has 2 aliphatic rings. The highest BCUT2D eigenvalue weighted by Crippen LogP contribution is 2.41. The second-order valence-electron chi connectivity index (χ2n) is 9.69. The Bertz CT molecular complexity index is 1190. The van der Waals surface area contributed by atoms with Crippen LogP contribution >= 0.6 is 0 Å². The molecule has 1 amide bonds. The molecule has 2 aromatic carbocycles. The van der Waals surface area contributed by atoms with Crippen molar-refractivity contribution in [2.24, 2.45) is 0 Å². The van der Waals surface area contributed by atoms with Gasteiger partial charge in [0, 0.05) is 26.2 Å². The van der Waals surface area contributed by atoms with Gasteiger partial charge in [-0.25, -0.2) is 0 Å². The Labute approximate surface area is 230 Å². The minimum absolute atomic E-state index is 0.0628. The van der Waals surface area contributed by atoms with Crippen LogP contribution in [0.25, 0.3) is 6.08 Å². The van der Waals surface area contributed by atoms with Crippen LogP contribution in [0.5, 0.6) is 11.5 Å². The molecule has 8 nitrogen and oxygen atoms in total. The number of hydrogen-bond acceptors (Lipinski definition) is 7. The van der Waals surface area contributed by atoms with Crippen molar-refractivity contribution in [3.8, 4) is 11.5 Å². The van der Waals surface area contributed by atoms with Crippen LogP contribution in [-0.4, -0.2) is 79.7 Å². The van der Waals surface area contributed by atoms with Crippen molar-refractivity contribution < 1.29 is 28.9 Å². The van der Waals surface area contributed by atoms with Crippen molar-refractivity contribution in [2.45, 2.75) is 32.2 Å². The van der Waals surface area contributed by atoms with Crippen LogP contribution in [-0.2, 0) is 14.3 Å². The fourth-order valence-corrected chi connectivity index (χ4v) is 4.89. The van der Waals surface area contributed by atoms with E-state index in [0.29, 0.717) is 50.0 Å². The molecule has 0 aliphatic carbocycles. The van der Waals surface area contributed by atoms with Gasteiger partial charge in [-0.2, -0.15) is 0 Å². The summed E-state index contributed by atoms with van der Waals surface area (Å²) in [7, 11) is 1.57. The van der Waals surface area contributed by atoms with Gasteiger partial charge in [0.2, 0.25) is 0 Å². The molecule has 0 aromatic heterocycles. The topological polar surface area (TPSA) is 88.5 Å². The minimum Gasteiger partial charge on any atom is -0.503 e. The third-order valence-electron chi connectivity index (χ3n) is 7.07. The van der Waals surface area contributed by atoms with E-state index < -0.39 is 23.5 Å². The Kier molecular flexibility index (Phi) is 10.2. The number of unbranched alkanes of at least 4 members (excludes halogenated alkanes) is 2. The molecule has 1 unspecified atom stereocenters. The van der Waals surface area contributed by atoms with Crippen LogP contribution in [0.15, 0.2) is 65.9 Å². The third kappa shape index (κ3) is 7.07. The number of allylic oxidation sites excluding steroid dienone is 1. The Balaban J connectivity index is 1.63. The van der Waals surface area contributed by atoms with Crippen LogP contribution < -0.4 is 9.47 Å². The maximum atomic E-state index is 13.5. The Morgan fingerprint density at radius 2 is 1.85 bits per heavy atom. The van der Waals surface area contributed by atoms with Crippen molar-refractivity contribution in [2.75, 3.05) is 53.1 Å². The van der Waals surface area contributed by atoms with Gasteiger partial charge >= 0.3 is 0 Å². The van der Waals surface area contributed by atoms with Crippen LogP contribution in [0.1, 0.15) is 43.4 Å². The van der Waals surface area contributed by atoms with Crippen molar-refractivity contribution in [3.63, 3.8) is 0 Å². The van der Waals surface area contributed by atoms with E-state index in [0.717, 1.165) is 37.9 Å². The van der Waals surface area contributed by atoms with Crippen molar-refractivity contribution >= 4 is 17.8 Å². The van der Waals surface area contributed by atoms with Gasteiger partial charge in [-0.1, -0.05) is 62.2 Å². The normalized spacial score (nSPS) is 18.3. The summed E-state index contributed by atoms with van der Waals surface area (Å²) in [5.74, 6) is -0.358. The summed E-state index contributed by atoms with van der Waals surface area (Å²) < 4.78 is 17.0. The number of aliphatic hydroxyl groups is 1. The Morgan fingerprint density at radius 1 is 1.08 bits per heavy atom. The molecule has 2 heterocycles. The van der Waals surface area contributed by atoms with E-state index in [1.165, 1.54) is 6.08 Å². The average molecular weight is 535 g/mol. The van der Waals surface area contributed by atoms with E-state index in [-0.39, 0.29) is 5.57 Å². The molecular formula is C31H38N2O6. The van der Waals surface area contributed by atoms with Crippen molar-refractivity contribution in [1.29, 1.82) is 0 Å². The lowest BCUT2D eigenvalue weighted by atomic mass is 9.95. The second-order valence-corrected chi connectivity index (χ2v) is 9.69. The zero-order valence-electron chi connectivity index (χ0n) is 22.8. The van der Waals surface area contributed by atoms with Crippen LogP contribution in [0.3, 0.4) is 0 Å². The van der Waals surface area contributed by atoms with Crippen molar-refractivity contribution in [1.82, 2.24) is 9.80 Å². The van der Waals surface area contributed by atoms with Gasteiger partial charge in [0.05, 0.1) is 38.5 Å². The molecule has 8 heteroatoms. The molecule has 4 rings (SSSR count). The standard InChI is InChI=1S/C31H38N2O6/c1-3-4-8-19-39-26-14-12-24(22-27(26)37-2)29-28(25(34)13-11-23-9-6-5-7-10-23)30(35)31(36)33(29)16-15-32-17-20-38-21-18-32/h5-7,9-14,22,29,35H,3-4,8,15-21H2,1-2H3/b13-11+. The SMILES string of the molecule is CCCCCOc1ccc(C2C(C(=O)/C=C/c3ccccc3)=C(O)C(=O)N2CCN2CCOCC2)cc1OC. The summed E-state index contributed by atoms with van der Waals surface area (Å²) in [6, 6.07) is 14.1. The van der Waals surface area contributed by atoms with E-state index in [4.69, 9.17) is 14.2 Å². The summed E-state index contributed by atoms with van der Waals surface area (Å²) in [5.41, 5.74) is 1.58.